The fourth-order valence-corrected chi connectivity index (χ4v) is 3.72. The predicted octanol–water partition coefficient (Wildman–Crippen LogP) is 5.05. The second-order valence-corrected chi connectivity index (χ2v) is 7.57. The molecule has 0 bridgehead atoms. The van der Waals surface area contributed by atoms with Gasteiger partial charge in [-0.25, -0.2) is 8.78 Å². The SMILES string of the molecule is Cc1cc(F)ccc1-c1ccc(C(=O)NC(C(N)=O)c2ccc3ccccc3c2)cc1F. The Kier molecular flexibility index (Phi) is 5.69. The molecule has 3 N–H and O–H groups in total. The molecule has 1 unspecified atom stereocenters. The van der Waals surface area contributed by atoms with Crippen molar-refractivity contribution in [1.82, 2.24) is 5.32 Å². The van der Waals surface area contributed by atoms with Crippen LogP contribution in [0.25, 0.3) is 21.9 Å². The number of nitrogens with one attached hydrogen (secondary N) is 1. The lowest BCUT2D eigenvalue weighted by molar-refractivity contribution is -0.120. The fraction of sp³-hybridized carbons (Fsp3) is 0.0769. The van der Waals surface area contributed by atoms with Crippen LogP contribution in [0.15, 0.2) is 78.9 Å². The fourth-order valence-electron chi connectivity index (χ4n) is 3.72. The number of carbonyl (C=O) groups is 2. The number of amides is 2. The highest BCUT2D eigenvalue weighted by Gasteiger charge is 2.22. The molecule has 0 saturated carbocycles. The van der Waals surface area contributed by atoms with Crippen molar-refractivity contribution >= 4 is 22.6 Å². The van der Waals surface area contributed by atoms with E-state index in [1.165, 1.54) is 30.3 Å². The number of nitrogens with two attached hydrogens (primary N) is 1. The summed E-state index contributed by atoms with van der Waals surface area (Å²) >= 11 is 0. The molecule has 0 aliphatic rings. The van der Waals surface area contributed by atoms with E-state index in [0.29, 0.717) is 16.7 Å². The van der Waals surface area contributed by atoms with E-state index in [1.807, 2.05) is 30.3 Å². The number of carbonyl (C=O) groups excluding carboxylic acids is 2. The van der Waals surface area contributed by atoms with Gasteiger partial charge in [0.05, 0.1) is 0 Å². The van der Waals surface area contributed by atoms with Crippen LogP contribution >= 0.6 is 0 Å². The number of hydrogen-bond donors (Lipinski definition) is 2. The third kappa shape index (κ3) is 4.21. The maximum absolute atomic E-state index is 14.8. The number of fused-ring (bicyclic) bond motifs is 1. The minimum Gasteiger partial charge on any atom is -0.368 e. The zero-order chi connectivity index (χ0) is 22.8. The molecule has 0 aliphatic carbocycles. The molecule has 1 atom stereocenters. The monoisotopic (exact) mass is 430 g/mol. The number of rotatable bonds is 5. The van der Waals surface area contributed by atoms with Crippen molar-refractivity contribution in [3.8, 4) is 11.1 Å². The van der Waals surface area contributed by atoms with Crippen molar-refractivity contribution in [1.29, 1.82) is 0 Å². The highest BCUT2D eigenvalue weighted by atomic mass is 19.1. The Labute approximate surface area is 183 Å². The second kappa shape index (κ2) is 8.59. The average molecular weight is 430 g/mol. The van der Waals surface area contributed by atoms with Crippen molar-refractivity contribution in [2.24, 2.45) is 5.73 Å². The molecule has 0 radical (unpaired) electrons. The normalized spacial score (nSPS) is 11.8. The van der Waals surface area contributed by atoms with Gasteiger partial charge in [0, 0.05) is 11.1 Å². The number of benzene rings is 4. The van der Waals surface area contributed by atoms with Gasteiger partial charge in [0.2, 0.25) is 5.91 Å². The zero-order valence-electron chi connectivity index (χ0n) is 17.2. The smallest absolute Gasteiger partial charge is 0.252 e. The van der Waals surface area contributed by atoms with Crippen molar-refractivity contribution in [3.63, 3.8) is 0 Å². The first-order chi connectivity index (χ1) is 15.3. The van der Waals surface area contributed by atoms with E-state index in [1.54, 1.807) is 19.1 Å². The topological polar surface area (TPSA) is 72.2 Å². The van der Waals surface area contributed by atoms with Gasteiger partial charge in [-0.3, -0.25) is 9.59 Å². The molecule has 4 aromatic carbocycles. The van der Waals surface area contributed by atoms with E-state index in [4.69, 9.17) is 5.73 Å². The summed E-state index contributed by atoms with van der Waals surface area (Å²) in [6.07, 6.45) is 0. The summed E-state index contributed by atoms with van der Waals surface area (Å²) in [4.78, 5) is 24.8. The van der Waals surface area contributed by atoms with Gasteiger partial charge in [-0.1, -0.05) is 48.5 Å². The van der Waals surface area contributed by atoms with Crippen LogP contribution in [0.1, 0.15) is 27.5 Å². The molecule has 6 heteroatoms. The molecule has 4 nitrogen and oxygen atoms in total. The molecular formula is C26H20F2N2O2. The highest BCUT2D eigenvalue weighted by molar-refractivity contribution is 5.98. The summed E-state index contributed by atoms with van der Waals surface area (Å²) < 4.78 is 28.2. The van der Waals surface area contributed by atoms with Crippen molar-refractivity contribution in [2.75, 3.05) is 0 Å². The third-order valence-electron chi connectivity index (χ3n) is 5.38. The number of aryl methyl sites for hydroxylation is 1. The Morgan fingerprint density at radius 1 is 0.844 bits per heavy atom. The van der Waals surface area contributed by atoms with Crippen LogP contribution in [-0.2, 0) is 4.79 Å². The van der Waals surface area contributed by atoms with Crippen LogP contribution in [0.3, 0.4) is 0 Å². The number of hydrogen-bond acceptors (Lipinski definition) is 2. The minimum absolute atomic E-state index is 0.0399. The van der Waals surface area contributed by atoms with Gasteiger partial charge in [-0.05, 0) is 64.7 Å². The van der Waals surface area contributed by atoms with Crippen LogP contribution in [0, 0.1) is 18.6 Å². The highest BCUT2D eigenvalue weighted by Crippen LogP contribution is 2.28. The summed E-state index contributed by atoms with van der Waals surface area (Å²) in [5, 5.41) is 4.47. The number of halogens is 2. The summed E-state index contributed by atoms with van der Waals surface area (Å²) in [7, 11) is 0. The zero-order valence-corrected chi connectivity index (χ0v) is 17.2. The maximum Gasteiger partial charge on any atom is 0.252 e. The van der Waals surface area contributed by atoms with Crippen LogP contribution in [-0.4, -0.2) is 11.8 Å². The Balaban J connectivity index is 1.61. The van der Waals surface area contributed by atoms with Gasteiger partial charge in [-0.15, -0.1) is 0 Å². The van der Waals surface area contributed by atoms with Crippen LogP contribution in [0.4, 0.5) is 8.78 Å². The van der Waals surface area contributed by atoms with E-state index >= 15 is 0 Å². The number of primary amides is 1. The average Bonchev–Trinajstić information content (AvgIpc) is 2.77. The largest absolute Gasteiger partial charge is 0.368 e. The minimum atomic E-state index is -1.07. The molecule has 0 saturated heterocycles. The van der Waals surface area contributed by atoms with Gasteiger partial charge in [-0.2, -0.15) is 0 Å². The molecule has 4 rings (SSSR count). The van der Waals surface area contributed by atoms with Gasteiger partial charge < -0.3 is 11.1 Å². The van der Waals surface area contributed by atoms with Crippen LogP contribution < -0.4 is 11.1 Å². The van der Waals surface area contributed by atoms with Gasteiger partial charge in [0.1, 0.15) is 17.7 Å². The van der Waals surface area contributed by atoms with Crippen molar-refractivity contribution < 1.29 is 18.4 Å². The summed E-state index contributed by atoms with van der Waals surface area (Å²) in [5.74, 6) is -2.40. The Morgan fingerprint density at radius 3 is 2.25 bits per heavy atom. The Morgan fingerprint density at radius 2 is 1.56 bits per heavy atom. The molecular weight excluding hydrogens is 410 g/mol. The first-order valence-electron chi connectivity index (χ1n) is 9.98. The molecule has 0 aliphatic heterocycles. The van der Waals surface area contributed by atoms with E-state index in [0.717, 1.165) is 16.8 Å². The van der Waals surface area contributed by atoms with Crippen molar-refractivity contribution in [2.45, 2.75) is 13.0 Å². The third-order valence-corrected chi connectivity index (χ3v) is 5.38. The first-order valence-corrected chi connectivity index (χ1v) is 9.98. The Bertz CT molecular complexity index is 1350. The lowest BCUT2D eigenvalue weighted by Crippen LogP contribution is -2.37. The lowest BCUT2D eigenvalue weighted by atomic mass is 9.98. The molecule has 2 amide bonds. The molecule has 32 heavy (non-hydrogen) atoms. The van der Waals surface area contributed by atoms with Crippen LogP contribution in [0.5, 0.6) is 0 Å². The van der Waals surface area contributed by atoms with Gasteiger partial charge in [0.25, 0.3) is 5.91 Å². The molecule has 0 aromatic heterocycles. The standard InChI is InChI=1S/C26H20F2N2O2/c1-15-12-20(27)9-11-21(15)22-10-8-19(14-23(22)28)26(32)30-24(25(29)31)18-7-6-16-4-2-3-5-17(16)13-18/h2-14,24H,1H3,(H2,29,31)(H,30,32). The van der Waals surface area contributed by atoms with E-state index in [2.05, 4.69) is 5.32 Å². The van der Waals surface area contributed by atoms with E-state index in [-0.39, 0.29) is 11.1 Å². The second-order valence-electron chi connectivity index (χ2n) is 7.57. The molecule has 0 spiro atoms. The maximum atomic E-state index is 14.8. The van der Waals surface area contributed by atoms with E-state index in [9.17, 15) is 18.4 Å². The summed E-state index contributed by atoms with van der Waals surface area (Å²) in [6.45, 7) is 1.68. The molecule has 160 valence electrons. The first kappa shape index (κ1) is 21.2. The molecule has 4 aromatic rings. The summed E-state index contributed by atoms with van der Waals surface area (Å²) in [5.41, 5.74) is 7.47. The van der Waals surface area contributed by atoms with E-state index < -0.39 is 29.5 Å². The van der Waals surface area contributed by atoms with Crippen molar-refractivity contribution in [3.05, 3.63) is 107 Å². The van der Waals surface area contributed by atoms with Gasteiger partial charge in [0.15, 0.2) is 0 Å². The Hall–Kier alpha value is -4.06. The predicted molar refractivity (Wildman–Crippen MR) is 120 cm³/mol. The lowest BCUT2D eigenvalue weighted by Gasteiger charge is -2.17. The summed E-state index contributed by atoms with van der Waals surface area (Å²) in [6, 6.07) is 19.9. The quantitative estimate of drug-likeness (QED) is 0.465. The molecule has 0 fully saturated rings. The van der Waals surface area contributed by atoms with Crippen LogP contribution in [0.2, 0.25) is 0 Å². The molecule has 0 heterocycles. The van der Waals surface area contributed by atoms with Gasteiger partial charge >= 0.3 is 0 Å².